The Kier molecular flexibility index (Phi) is 15.0. The van der Waals surface area contributed by atoms with Gasteiger partial charge in [0.2, 0.25) is 0 Å². The number of nitrogens with zero attached hydrogens (tertiary/aromatic N) is 3. The summed E-state index contributed by atoms with van der Waals surface area (Å²) >= 11 is 1.74. The molecule has 0 bridgehead atoms. The summed E-state index contributed by atoms with van der Waals surface area (Å²) in [6.07, 6.45) is -10.6. The van der Waals surface area contributed by atoms with Crippen LogP contribution in [0.2, 0.25) is 0 Å². The smallest absolute Gasteiger partial charge is 0.490 e. The minimum Gasteiger partial charge on any atom is -0.493 e. The van der Waals surface area contributed by atoms with Crippen molar-refractivity contribution in [1.82, 2.24) is 20.1 Å². The molecule has 6 rings (SSSR count). The van der Waals surface area contributed by atoms with Gasteiger partial charge in [-0.15, -0.1) is 11.3 Å². The number of carboxylic acids is 3. The minimum absolute atomic E-state index is 0.246. The number of halogens is 9. The third-order valence-electron chi connectivity index (χ3n) is 7.03. The number of aromatic amines is 1. The van der Waals surface area contributed by atoms with Gasteiger partial charge in [0.15, 0.2) is 0 Å². The highest BCUT2D eigenvalue weighted by Gasteiger charge is 2.39. The van der Waals surface area contributed by atoms with Crippen molar-refractivity contribution in [3.05, 3.63) is 59.4 Å². The summed E-state index contributed by atoms with van der Waals surface area (Å²) in [7, 11) is 0. The molecule has 0 radical (unpaired) electrons. The number of rotatable bonds is 6. The van der Waals surface area contributed by atoms with E-state index in [1.165, 1.54) is 5.56 Å². The van der Waals surface area contributed by atoms with Crippen molar-refractivity contribution >= 4 is 39.5 Å². The zero-order valence-corrected chi connectivity index (χ0v) is 28.1. The van der Waals surface area contributed by atoms with Gasteiger partial charge in [-0.1, -0.05) is 18.2 Å². The topological polar surface area (TPSA) is 184 Å². The van der Waals surface area contributed by atoms with Crippen molar-refractivity contribution < 1.29 is 83.4 Å². The van der Waals surface area contributed by atoms with Gasteiger partial charge in [-0.25, -0.2) is 19.4 Å². The Bertz CT molecular complexity index is 1790. The van der Waals surface area contributed by atoms with Crippen molar-refractivity contribution in [3.8, 4) is 22.6 Å². The van der Waals surface area contributed by atoms with Gasteiger partial charge in [0.25, 0.3) is 0 Å². The average molecular weight is 805 g/mol. The molecule has 54 heavy (non-hydrogen) atoms. The van der Waals surface area contributed by atoms with Gasteiger partial charge in [-0.3, -0.25) is 10.00 Å². The lowest BCUT2D eigenvalue weighted by Crippen LogP contribution is -2.38. The van der Waals surface area contributed by atoms with Crippen LogP contribution in [0.3, 0.4) is 0 Å². The summed E-state index contributed by atoms with van der Waals surface area (Å²) in [5.41, 5.74) is 4.30. The number of morpholine rings is 1. The van der Waals surface area contributed by atoms with Gasteiger partial charge in [0.1, 0.15) is 28.6 Å². The molecular formula is C31H29F9N4O9S. The van der Waals surface area contributed by atoms with E-state index < -0.39 is 36.4 Å². The number of carboxylic acid groups (broad SMARTS) is 3. The Morgan fingerprint density at radius 1 is 0.889 bits per heavy atom. The lowest BCUT2D eigenvalue weighted by molar-refractivity contribution is -0.193. The lowest BCUT2D eigenvalue weighted by atomic mass is 9.97. The first-order chi connectivity index (χ1) is 25.2. The fourth-order valence-corrected chi connectivity index (χ4v) is 5.58. The van der Waals surface area contributed by atoms with Crippen LogP contribution in [-0.4, -0.2) is 118 Å². The zero-order chi connectivity index (χ0) is 40.3. The maximum absolute atomic E-state index is 10.6. The van der Waals surface area contributed by atoms with Crippen LogP contribution < -0.4 is 9.47 Å². The molecule has 1 unspecified atom stereocenters. The first-order valence-corrected chi connectivity index (χ1v) is 16.0. The largest absolute Gasteiger partial charge is 0.493 e. The maximum Gasteiger partial charge on any atom is 0.490 e. The fourth-order valence-electron chi connectivity index (χ4n) is 4.47. The Labute approximate surface area is 301 Å². The highest BCUT2D eigenvalue weighted by atomic mass is 32.1. The molecule has 1 atom stereocenters. The minimum atomic E-state index is -5.08. The molecule has 1 fully saturated rings. The lowest BCUT2D eigenvalue weighted by Gasteiger charge is -2.26. The van der Waals surface area contributed by atoms with E-state index in [1.807, 2.05) is 24.5 Å². The highest BCUT2D eigenvalue weighted by Crippen LogP contribution is 2.40. The van der Waals surface area contributed by atoms with E-state index in [0.717, 1.165) is 77.1 Å². The number of para-hydroxylation sites is 1. The number of thiazole rings is 1. The third kappa shape index (κ3) is 13.4. The molecule has 2 aromatic carbocycles. The second-order valence-corrected chi connectivity index (χ2v) is 12.0. The van der Waals surface area contributed by atoms with Gasteiger partial charge >= 0.3 is 36.4 Å². The first-order valence-electron chi connectivity index (χ1n) is 15.1. The summed E-state index contributed by atoms with van der Waals surface area (Å²) in [4.78, 5) is 34.1. The molecular weight excluding hydrogens is 775 g/mol. The Morgan fingerprint density at radius 3 is 2.00 bits per heavy atom. The number of benzene rings is 2. The van der Waals surface area contributed by atoms with E-state index in [-0.39, 0.29) is 5.92 Å². The van der Waals surface area contributed by atoms with Crippen LogP contribution >= 0.6 is 11.3 Å². The van der Waals surface area contributed by atoms with Crippen molar-refractivity contribution in [1.29, 1.82) is 0 Å². The van der Waals surface area contributed by atoms with Crippen LogP contribution in [0.15, 0.2) is 48.8 Å². The number of H-pyrrole nitrogens is 1. The highest BCUT2D eigenvalue weighted by molar-refractivity contribution is 7.18. The number of hydrogen-bond donors (Lipinski definition) is 4. The van der Waals surface area contributed by atoms with E-state index in [9.17, 15) is 39.5 Å². The molecule has 4 aromatic rings. The number of alkyl halides is 9. The SMILES string of the molecule is O=C(O)C(F)(F)F.O=C(O)C(F)(F)F.O=C(O)C(F)(F)F.c1ccc2c(c1)CC(c1nc3c(OCCN4CCOCC4)cc(-c4cn[nH]c4)cc3s1)CO2. The summed E-state index contributed by atoms with van der Waals surface area (Å²) in [5, 5.41) is 29.5. The second kappa shape index (κ2) is 18.7. The number of nitrogens with one attached hydrogen (secondary N) is 1. The van der Waals surface area contributed by atoms with E-state index in [2.05, 4.69) is 39.4 Å². The van der Waals surface area contributed by atoms with Crippen molar-refractivity contribution in [2.24, 2.45) is 0 Å². The van der Waals surface area contributed by atoms with Crippen LogP contribution in [0, 0.1) is 0 Å². The first kappa shape index (κ1) is 43.2. The molecule has 2 aliphatic rings. The van der Waals surface area contributed by atoms with Crippen LogP contribution in [-0.2, 0) is 25.5 Å². The Hall–Kier alpha value is -5.16. The second-order valence-electron chi connectivity index (χ2n) is 10.9. The molecule has 0 spiro atoms. The quantitative estimate of drug-likeness (QED) is 0.167. The Morgan fingerprint density at radius 2 is 1.46 bits per heavy atom. The number of hydrogen-bond acceptors (Lipinski definition) is 10. The van der Waals surface area contributed by atoms with Gasteiger partial charge in [-0.2, -0.15) is 44.6 Å². The summed E-state index contributed by atoms with van der Waals surface area (Å²) in [5.74, 6) is -6.20. The van der Waals surface area contributed by atoms with E-state index in [0.29, 0.717) is 13.2 Å². The molecule has 23 heteroatoms. The number of fused-ring (bicyclic) bond motifs is 2. The predicted octanol–water partition coefficient (Wildman–Crippen LogP) is 6.02. The molecule has 4 heterocycles. The van der Waals surface area contributed by atoms with Crippen LogP contribution in [0.25, 0.3) is 21.3 Å². The zero-order valence-electron chi connectivity index (χ0n) is 27.3. The molecule has 0 amide bonds. The normalized spacial score (nSPS) is 15.8. The maximum atomic E-state index is 10.6. The molecule has 2 aromatic heterocycles. The van der Waals surface area contributed by atoms with Gasteiger partial charge in [0.05, 0.1) is 30.7 Å². The number of aromatic nitrogens is 3. The number of ether oxygens (including phenoxy) is 3. The van der Waals surface area contributed by atoms with Gasteiger partial charge < -0.3 is 29.5 Å². The molecule has 13 nitrogen and oxygen atoms in total. The van der Waals surface area contributed by atoms with E-state index >= 15 is 0 Å². The molecule has 2 aliphatic heterocycles. The molecule has 4 N–H and O–H groups in total. The van der Waals surface area contributed by atoms with Crippen LogP contribution in [0.1, 0.15) is 16.5 Å². The molecule has 1 saturated heterocycles. The van der Waals surface area contributed by atoms with Crippen molar-refractivity contribution in [2.45, 2.75) is 30.9 Å². The molecule has 0 aliphatic carbocycles. The van der Waals surface area contributed by atoms with Gasteiger partial charge in [0, 0.05) is 37.3 Å². The van der Waals surface area contributed by atoms with E-state index in [4.69, 9.17) is 48.9 Å². The van der Waals surface area contributed by atoms with Crippen molar-refractivity contribution in [2.75, 3.05) is 46.1 Å². The molecule has 296 valence electrons. The number of carbonyl (C=O) groups is 3. The summed E-state index contributed by atoms with van der Waals surface area (Å²) in [6, 6.07) is 12.6. The third-order valence-corrected chi connectivity index (χ3v) is 8.20. The monoisotopic (exact) mass is 804 g/mol. The fraction of sp³-hybridized carbons (Fsp3) is 0.387. The Balaban J connectivity index is 0.000000307. The molecule has 0 saturated carbocycles. The summed E-state index contributed by atoms with van der Waals surface area (Å²) < 4.78 is 114. The standard InChI is InChI=1S/C25H26N4O3S.3C2HF3O2/c1-2-4-21-17(3-1)11-19(16-32-21)25-28-24-22(31-10-7-29-5-8-30-9-6-29)12-18(13-23(24)33-25)20-14-26-27-15-20;3*3-2(4,5)1(6)7/h1-4,12-15,19H,5-11,16H2,(H,26,27);3*(H,6,7). The summed E-state index contributed by atoms with van der Waals surface area (Å²) in [6.45, 7) is 5.65. The predicted molar refractivity (Wildman–Crippen MR) is 169 cm³/mol. The number of aliphatic carboxylic acids is 3. The van der Waals surface area contributed by atoms with E-state index in [1.54, 1.807) is 11.3 Å². The van der Waals surface area contributed by atoms with Gasteiger partial charge in [-0.05, 0) is 35.7 Å². The van der Waals surface area contributed by atoms with Crippen LogP contribution in [0.5, 0.6) is 11.5 Å². The average Bonchev–Trinajstić information content (AvgIpc) is 3.79. The van der Waals surface area contributed by atoms with Crippen LogP contribution in [0.4, 0.5) is 39.5 Å². The van der Waals surface area contributed by atoms with Crippen molar-refractivity contribution in [3.63, 3.8) is 0 Å².